The second-order valence-corrected chi connectivity index (χ2v) is 14.2. The fourth-order valence-corrected chi connectivity index (χ4v) is 7.75. The number of anilines is 4. The molecular weight excluding hydrogens is 672 g/mol. The van der Waals surface area contributed by atoms with E-state index in [1.165, 1.54) is 4.90 Å². The van der Waals surface area contributed by atoms with Crippen molar-refractivity contribution in [2.45, 2.75) is 65.0 Å². The molecule has 0 spiro atoms. The van der Waals surface area contributed by atoms with Gasteiger partial charge in [0.05, 0.1) is 29.1 Å². The molecule has 2 aromatic heterocycles. The Hall–Kier alpha value is -4.30. The van der Waals surface area contributed by atoms with Gasteiger partial charge in [0.2, 0.25) is 5.95 Å². The molecule has 0 radical (unpaired) electrons. The number of nitrogens with zero attached hydrogens (tertiary/aromatic N) is 6. The van der Waals surface area contributed by atoms with Crippen molar-refractivity contribution in [3.05, 3.63) is 77.2 Å². The molecule has 12 nitrogen and oxygen atoms in total. The summed E-state index contributed by atoms with van der Waals surface area (Å²) in [5.41, 5.74) is 2.34. The minimum absolute atomic E-state index is 0.158. The average molecular weight is 715 g/mol. The highest BCUT2D eigenvalue weighted by molar-refractivity contribution is 7.53. The first kappa shape index (κ1) is 37.0. The van der Waals surface area contributed by atoms with Crippen LogP contribution in [0.3, 0.4) is 0 Å². The summed E-state index contributed by atoms with van der Waals surface area (Å²) in [5, 5.41) is 8.79. The van der Waals surface area contributed by atoms with Gasteiger partial charge >= 0.3 is 13.8 Å². The third kappa shape index (κ3) is 7.27. The summed E-state index contributed by atoms with van der Waals surface area (Å²) in [7, 11) is -2.88. The summed E-state index contributed by atoms with van der Waals surface area (Å²) in [5.74, 6) is -1.05. The summed E-state index contributed by atoms with van der Waals surface area (Å²) in [6, 6.07) is 9.59. The van der Waals surface area contributed by atoms with Gasteiger partial charge in [0.25, 0.3) is 5.91 Å². The van der Waals surface area contributed by atoms with Crippen molar-refractivity contribution >= 4 is 36.6 Å². The van der Waals surface area contributed by atoms with Gasteiger partial charge in [-0.15, -0.1) is 0 Å². The van der Waals surface area contributed by atoms with Gasteiger partial charge in [0, 0.05) is 43.8 Å². The number of hydrogen-bond donors (Lipinski definition) is 4. The first-order valence-corrected chi connectivity index (χ1v) is 18.1. The number of aromatic nitrogens is 4. The van der Waals surface area contributed by atoms with Crippen molar-refractivity contribution in [2.24, 2.45) is 0 Å². The van der Waals surface area contributed by atoms with Gasteiger partial charge < -0.3 is 30.2 Å². The Morgan fingerprint density at radius 1 is 0.980 bits per heavy atom. The summed E-state index contributed by atoms with van der Waals surface area (Å²) in [4.78, 5) is 45.4. The average Bonchev–Trinajstić information content (AvgIpc) is 3.66. The molecule has 16 heteroatoms. The summed E-state index contributed by atoms with van der Waals surface area (Å²) >= 11 is 0. The van der Waals surface area contributed by atoms with Crippen LogP contribution in [0.15, 0.2) is 55.0 Å². The molecule has 1 aliphatic heterocycles. The number of halogens is 3. The zero-order valence-corrected chi connectivity index (χ0v) is 29.5. The van der Waals surface area contributed by atoms with Crippen molar-refractivity contribution < 1.29 is 32.3 Å². The number of benzene rings is 2. The predicted molar refractivity (Wildman–Crippen MR) is 186 cm³/mol. The topological polar surface area (TPSA) is 149 Å². The molecule has 4 aromatic rings. The number of carbonyl (C=O) groups excluding carboxylic acids is 1. The molecule has 2 aromatic carbocycles. The molecule has 0 bridgehead atoms. The van der Waals surface area contributed by atoms with Gasteiger partial charge in [0.1, 0.15) is 11.4 Å². The van der Waals surface area contributed by atoms with E-state index in [-0.39, 0.29) is 42.5 Å². The second-order valence-electron chi connectivity index (χ2n) is 12.3. The smallest absolute Gasteiger partial charge is 0.339 e. The number of alkyl halides is 3. The van der Waals surface area contributed by atoms with Crippen molar-refractivity contribution in [1.82, 2.24) is 29.5 Å². The third-order valence-electron chi connectivity index (χ3n) is 9.51. The number of hydrogen-bond acceptors (Lipinski definition) is 8. The molecular formula is C34H42F3N8O4P. The highest BCUT2D eigenvalue weighted by Gasteiger charge is 2.45. The van der Waals surface area contributed by atoms with Crippen molar-refractivity contribution in [1.29, 1.82) is 0 Å². The Kier molecular flexibility index (Phi) is 10.7. The first-order valence-electron chi connectivity index (χ1n) is 16.5. The summed E-state index contributed by atoms with van der Waals surface area (Å²) < 4.78 is 56.8. The molecule has 1 amide bonds. The van der Waals surface area contributed by atoms with Gasteiger partial charge in [-0.1, -0.05) is 45.9 Å². The Morgan fingerprint density at radius 3 is 2.26 bits per heavy atom. The van der Waals surface area contributed by atoms with Crippen LogP contribution in [0, 0.1) is 0 Å². The Morgan fingerprint density at radius 2 is 1.66 bits per heavy atom. The molecule has 0 atom stereocenters. The molecule has 0 fully saturated rings. The molecule has 3 heterocycles. The van der Waals surface area contributed by atoms with Crippen LogP contribution >= 0.6 is 7.60 Å². The van der Waals surface area contributed by atoms with E-state index in [2.05, 4.69) is 44.4 Å². The first-order chi connectivity index (χ1) is 23.6. The Labute approximate surface area is 288 Å². The zero-order chi connectivity index (χ0) is 36.4. The molecule has 1 aliphatic rings. The fraction of sp³-hybridized carbons (Fsp3) is 0.412. The monoisotopic (exact) mass is 714 g/mol. The quantitative estimate of drug-likeness (QED) is 0.101. The maximum absolute atomic E-state index is 14.2. The van der Waals surface area contributed by atoms with E-state index in [4.69, 9.17) is 0 Å². The van der Waals surface area contributed by atoms with Crippen LogP contribution in [0.1, 0.15) is 67.6 Å². The van der Waals surface area contributed by atoms with Gasteiger partial charge in [-0.2, -0.15) is 23.3 Å². The number of likely N-dealkylation sites (N-methyl/N-ethyl adjacent to an activating group) is 1. The lowest BCUT2D eigenvalue weighted by molar-refractivity contribution is -0.137. The number of nitrogens with one attached hydrogen (secondary N) is 2. The van der Waals surface area contributed by atoms with Crippen LogP contribution in [0.5, 0.6) is 0 Å². The van der Waals surface area contributed by atoms with Crippen molar-refractivity contribution in [3.8, 4) is 11.1 Å². The SMILES string of the molecule is CCN(CC)CCn1cc(-c2ccc(Nc3nc(Nc4ccc(C(CC)(CC)P(=O)(O)O)cc4)ncc3C(F)(F)F)c3c2CN(C)C3=O)cn1. The lowest BCUT2D eigenvalue weighted by Crippen LogP contribution is -2.27. The van der Waals surface area contributed by atoms with Gasteiger partial charge in [-0.25, -0.2) is 4.98 Å². The maximum atomic E-state index is 14.2. The molecule has 0 saturated carbocycles. The highest BCUT2D eigenvalue weighted by Crippen LogP contribution is 2.61. The van der Waals surface area contributed by atoms with Crippen molar-refractivity contribution in [3.63, 3.8) is 0 Å². The normalized spacial score (nSPS) is 13.7. The fourth-order valence-electron chi connectivity index (χ4n) is 6.44. The third-order valence-corrected chi connectivity index (χ3v) is 11.5. The minimum Gasteiger partial charge on any atom is -0.339 e. The van der Waals surface area contributed by atoms with Crippen LogP contribution in [0.2, 0.25) is 0 Å². The second kappa shape index (κ2) is 14.5. The molecule has 268 valence electrons. The molecule has 50 heavy (non-hydrogen) atoms. The van der Waals surface area contributed by atoms with E-state index in [0.717, 1.165) is 30.8 Å². The predicted octanol–water partition coefficient (Wildman–Crippen LogP) is 6.97. The zero-order valence-electron chi connectivity index (χ0n) is 28.6. The maximum Gasteiger partial charge on any atom is 0.421 e. The van der Waals surface area contributed by atoms with Crippen LogP contribution < -0.4 is 10.6 Å². The molecule has 0 saturated heterocycles. The minimum atomic E-state index is -4.81. The number of amides is 1. The van der Waals surface area contributed by atoms with Gasteiger partial charge in [0.15, 0.2) is 0 Å². The van der Waals surface area contributed by atoms with Crippen LogP contribution in [0.4, 0.5) is 36.3 Å². The lowest BCUT2D eigenvalue weighted by atomic mass is 9.92. The number of rotatable bonds is 14. The van der Waals surface area contributed by atoms with E-state index >= 15 is 0 Å². The standard InChI is InChI=1S/C34H42F3N8O4P/c1-6-33(7-2,50(47,48)49)23-10-12-24(13-11-23)40-32-38-19-27(34(35,36)37)30(42-32)41-28-15-14-25(26-21-43(5)31(46)29(26)28)22-18-39-45(20-22)17-16-44(8-3)9-4/h10-15,18-20H,6-9,16-17,21H2,1-5H3,(H2,47,48,49)(H2,38,40,41,42). The molecule has 5 rings (SSSR count). The molecule has 4 N–H and O–H groups in total. The number of fused-ring (bicyclic) bond motifs is 1. The van der Waals surface area contributed by atoms with E-state index in [9.17, 15) is 32.3 Å². The van der Waals surface area contributed by atoms with Crippen molar-refractivity contribution in [2.75, 3.05) is 37.3 Å². The molecule has 0 aliphatic carbocycles. The summed E-state index contributed by atoms with van der Waals surface area (Å²) in [6.07, 6.45) is -0.0990. The van der Waals surface area contributed by atoms with Crippen LogP contribution in [-0.2, 0) is 29.0 Å². The van der Waals surface area contributed by atoms with Crippen LogP contribution in [-0.4, -0.2) is 71.9 Å². The summed E-state index contributed by atoms with van der Waals surface area (Å²) in [6.45, 7) is 11.2. The van der Waals surface area contributed by atoms with E-state index in [1.54, 1.807) is 63.5 Å². The highest BCUT2D eigenvalue weighted by atomic mass is 31.2. The molecule has 0 unspecified atom stereocenters. The van der Waals surface area contributed by atoms with Crippen LogP contribution in [0.25, 0.3) is 11.1 Å². The lowest BCUT2D eigenvalue weighted by Gasteiger charge is -2.33. The van der Waals surface area contributed by atoms with E-state index < -0.39 is 30.3 Å². The number of carbonyl (C=O) groups is 1. The largest absolute Gasteiger partial charge is 0.421 e. The van der Waals surface area contributed by atoms with Gasteiger partial charge in [-0.05, 0) is 60.8 Å². The van der Waals surface area contributed by atoms with E-state index in [0.29, 0.717) is 29.6 Å². The Balaban J connectivity index is 1.46. The van der Waals surface area contributed by atoms with Gasteiger partial charge in [-0.3, -0.25) is 14.0 Å². The van der Waals surface area contributed by atoms with E-state index in [1.807, 2.05) is 10.9 Å². The Bertz CT molecular complexity index is 1890.